The molecule has 27 heavy (non-hydrogen) atoms. The van der Waals surface area contributed by atoms with E-state index >= 15 is 0 Å². The highest BCUT2D eigenvalue weighted by atomic mass is 16.6. The molecule has 0 unspecified atom stereocenters. The molecule has 2 N–H and O–H groups in total. The van der Waals surface area contributed by atoms with Crippen molar-refractivity contribution in [3.05, 3.63) is 0 Å². The summed E-state index contributed by atoms with van der Waals surface area (Å²) in [6.45, 7) is 13.9. The Balaban J connectivity index is 2.41. The van der Waals surface area contributed by atoms with Crippen LogP contribution < -0.4 is 5.73 Å². The van der Waals surface area contributed by atoms with Crippen LogP contribution in [0.15, 0.2) is 0 Å². The van der Waals surface area contributed by atoms with Crippen LogP contribution in [0.1, 0.15) is 61.3 Å². The molecule has 0 aromatic carbocycles. The van der Waals surface area contributed by atoms with E-state index in [0.29, 0.717) is 19.5 Å². The number of nitrogens with zero attached hydrogens (tertiary/aromatic N) is 3. The van der Waals surface area contributed by atoms with Gasteiger partial charge >= 0.3 is 6.09 Å². The Morgan fingerprint density at radius 3 is 2.11 bits per heavy atom. The molecule has 8 nitrogen and oxygen atoms in total. The van der Waals surface area contributed by atoms with Crippen molar-refractivity contribution < 1.29 is 19.1 Å². The highest BCUT2D eigenvalue weighted by molar-refractivity contribution is 5.95. The summed E-state index contributed by atoms with van der Waals surface area (Å²) in [5.41, 5.74) is 4.19. The summed E-state index contributed by atoms with van der Waals surface area (Å²) >= 11 is 0. The Morgan fingerprint density at radius 1 is 1.15 bits per heavy atom. The Hall–Kier alpha value is -1.83. The van der Waals surface area contributed by atoms with Gasteiger partial charge in [0.15, 0.2) is 5.66 Å². The highest BCUT2D eigenvalue weighted by Crippen LogP contribution is 2.33. The molecule has 0 aromatic rings. The lowest BCUT2D eigenvalue weighted by Gasteiger charge is -2.40. The maximum absolute atomic E-state index is 13.1. The maximum Gasteiger partial charge on any atom is 0.412 e. The Bertz CT molecular complexity index is 613. The van der Waals surface area contributed by atoms with Crippen molar-refractivity contribution in [2.75, 3.05) is 13.1 Å². The molecule has 2 saturated heterocycles. The van der Waals surface area contributed by atoms with Gasteiger partial charge in [-0.1, -0.05) is 0 Å². The fraction of sp³-hybridized carbons (Fsp3) is 0.842. The van der Waals surface area contributed by atoms with Crippen molar-refractivity contribution in [2.24, 2.45) is 5.73 Å². The minimum Gasteiger partial charge on any atom is -0.444 e. The van der Waals surface area contributed by atoms with Crippen molar-refractivity contribution in [1.82, 2.24) is 14.7 Å². The smallest absolute Gasteiger partial charge is 0.412 e. The van der Waals surface area contributed by atoms with Gasteiger partial charge in [0, 0.05) is 31.6 Å². The zero-order chi connectivity index (χ0) is 20.7. The maximum atomic E-state index is 13.1. The predicted octanol–water partition coefficient (Wildman–Crippen LogP) is 1.53. The molecule has 3 amide bonds. The number of carbonyl (C=O) groups excluding carboxylic acids is 3. The van der Waals surface area contributed by atoms with Gasteiger partial charge in [-0.15, -0.1) is 0 Å². The minimum absolute atomic E-state index is 0.0168. The van der Waals surface area contributed by atoms with E-state index in [1.807, 2.05) is 27.7 Å². The second-order valence-electron chi connectivity index (χ2n) is 9.05. The van der Waals surface area contributed by atoms with E-state index in [2.05, 4.69) is 0 Å². The van der Waals surface area contributed by atoms with Crippen LogP contribution in [0.4, 0.5) is 4.79 Å². The number of likely N-dealkylation sites (tertiary alicyclic amines) is 2. The number of rotatable bonds is 4. The van der Waals surface area contributed by atoms with Gasteiger partial charge in [0.2, 0.25) is 5.91 Å². The first-order valence-electron chi connectivity index (χ1n) is 9.72. The van der Waals surface area contributed by atoms with Gasteiger partial charge in [-0.25, -0.2) is 4.79 Å². The van der Waals surface area contributed by atoms with Gasteiger partial charge in [-0.05, 0) is 54.9 Å². The molecule has 2 atom stereocenters. The normalized spacial score (nSPS) is 26.5. The average Bonchev–Trinajstić information content (AvgIpc) is 3.00. The summed E-state index contributed by atoms with van der Waals surface area (Å²) in [6.07, 6.45) is -0.00767. The summed E-state index contributed by atoms with van der Waals surface area (Å²) in [6, 6.07) is -0.804. The zero-order valence-electron chi connectivity index (χ0n) is 17.6. The zero-order valence-corrected chi connectivity index (χ0v) is 17.6. The van der Waals surface area contributed by atoms with Crippen LogP contribution in [-0.2, 0) is 14.3 Å². The molecule has 2 heterocycles. The second kappa shape index (κ2) is 7.30. The Kier molecular flexibility index (Phi) is 5.80. The van der Waals surface area contributed by atoms with Crippen LogP contribution in [0, 0.1) is 0 Å². The van der Waals surface area contributed by atoms with Crippen molar-refractivity contribution in [1.29, 1.82) is 0 Å². The molecular weight excluding hydrogens is 348 g/mol. The number of amides is 3. The SMILES string of the molecule is CC(C)N1CC[C@H](N(C(=O)OC(C)(C)C)[C@@]2(N)CCN(C(C)C)C2=O)C1=O. The van der Waals surface area contributed by atoms with E-state index in [4.69, 9.17) is 10.5 Å². The molecule has 0 spiro atoms. The molecule has 0 aliphatic carbocycles. The molecule has 0 bridgehead atoms. The van der Waals surface area contributed by atoms with Gasteiger partial charge < -0.3 is 20.3 Å². The first-order valence-corrected chi connectivity index (χ1v) is 9.72. The molecule has 2 aliphatic rings. The van der Waals surface area contributed by atoms with Crippen LogP contribution in [-0.4, -0.2) is 75.1 Å². The van der Waals surface area contributed by atoms with Crippen molar-refractivity contribution in [3.8, 4) is 0 Å². The summed E-state index contributed by atoms with van der Waals surface area (Å²) < 4.78 is 5.54. The highest BCUT2D eigenvalue weighted by Gasteiger charge is 2.56. The standard InChI is InChI=1S/C19H34N4O4/c1-12(2)21-10-8-14(15(21)24)23(17(26)27-18(5,6)7)19(20)9-11-22(13(3)4)16(19)25/h12-14H,8-11,20H2,1-7H3/t14-,19-/m0/s1. The summed E-state index contributed by atoms with van der Waals surface area (Å²) in [5, 5.41) is 0. The summed E-state index contributed by atoms with van der Waals surface area (Å²) in [7, 11) is 0. The fourth-order valence-corrected chi connectivity index (χ4v) is 3.78. The van der Waals surface area contributed by atoms with E-state index < -0.39 is 23.4 Å². The molecule has 2 aliphatic heterocycles. The van der Waals surface area contributed by atoms with E-state index in [9.17, 15) is 14.4 Å². The van der Waals surface area contributed by atoms with Gasteiger partial charge in [0.05, 0.1) is 0 Å². The fourth-order valence-electron chi connectivity index (χ4n) is 3.78. The van der Waals surface area contributed by atoms with Crippen molar-refractivity contribution in [3.63, 3.8) is 0 Å². The number of carbonyl (C=O) groups is 3. The van der Waals surface area contributed by atoms with E-state index in [1.165, 1.54) is 4.90 Å². The summed E-state index contributed by atoms with van der Waals surface area (Å²) in [4.78, 5) is 43.7. The first-order chi connectivity index (χ1) is 12.3. The molecular formula is C19H34N4O4. The molecule has 0 saturated carbocycles. The number of hydrogen-bond donors (Lipinski definition) is 1. The molecule has 0 aromatic heterocycles. The molecule has 2 rings (SSSR count). The van der Waals surface area contributed by atoms with Crippen LogP contribution in [0.25, 0.3) is 0 Å². The van der Waals surface area contributed by atoms with Gasteiger partial charge in [0.1, 0.15) is 11.6 Å². The van der Waals surface area contributed by atoms with Crippen molar-refractivity contribution in [2.45, 2.75) is 90.7 Å². The number of nitrogens with two attached hydrogens (primary N) is 1. The average molecular weight is 383 g/mol. The third kappa shape index (κ3) is 4.05. The summed E-state index contributed by atoms with van der Waals surface area (Å²) in [5.74, 6) is -0.518. The minimum atomic E-state index is -1.57. The van der Waals surface area contributed by atoms with Crippen LogP contribution in [0.3, 0.4) is 0 Å². The lowest BCUT2D eigenvalue weighted by atomic mass is 10.0. The second-order valence-corrected chi connectivity index (χ2v) is 9.05. The predicted molar refractivity (Wildman–Crippen MR) is 102 cm³/mol. The van der Waals surface area contributed by atoms with E-state index in [1.54, 1.807) is 30.6 Å². The molecule has 0 radical (unpaired) electrons. The van der Waals surface area contributed by atoms with Crippen molar-refractivity contribution >= 4 is 17.9 Å². The van der Waals surface area contributed by atoms with Crippen LogP contribution in [0.5, 0.6) is 0 Å². The molecule has 154 valence electrons. The lowest BCUT2D eigenvalue weighted by Crippen LogP contribution is -2.67. The van der Waals surface area contributed by atoms with E-state index in [-0.39, 0.29) is 30.3 Å². The molecule has 2 fully saturated rings. The monoisotopic (exact) mass is 382 g/mol. The largest absolute Gasteiger partial charge is 0.444 e. The third-order valence-electron chi connectivity index (χ3n) is 5.16. The van der Waals surface area contributed by atoms with Crippen LogP contribution >= 0.6 is 0 Å². The molecule has 8 heteroatoms. The van der Waals surface area contributed by atoms with Gasteiger partial charge in [-0.3, -0.25) is 14.5 Å². The van der Waals surface area contributed by atoms with Crippen LogP contribution in [0.2, 0.25) is 0 Å². The van der Waals surface area contributed by atoms with Gasteiger partial charge in [0.25, 0.3) is 5.91 Å². The quantitative estimate of drug-likeness (QED) is 0.744. The number of hydrogen-bond acceptors (Lipinski definition) is 5. The lowest BCUT2D eigenvalue weighted by molar-refractivity contribution is -0.144. The topological polar surface area (TPSA) is 96.2 Å². The number of ether oxygens (including phenoxy) is 1. The Labute approximate surface area is 162 Å². The third-order valence-corrected chi connectivity index (χ3v) is 5.16. The van der Waals surface area contributed by atoms with Gasteiger partial charge in [-0.2, -0.15) is 0 Å². The first kappa shape index (κ1) is 21.5. The van der Waals surface area contributed by atoms with E-state index in [0.717, 1.165) is 0 Å². The Morgan fingerprint density at radius 2 is 1.70 bits per heavy atom.